The quantitative estimate of drug-likeness (QED) is 0.679. The van der Waals surface area contributed by atoms with Crippen molar-refractivity contribution in [2.45, 2.75) is 39.2 Å². The first-order valence-electron chi connectivity index (χ1n) is 5.98. The summed E-state index contributed by atoms with van der Waals surface area (Å²) >= 11 is 1.80. The van der Waals surface area contributed by atoms with E-state index in [-0.39, 0.29) is 17.9 Å². The second-order valence-corrected chi connectivity index (χ2v) is 4.88. The van der Waals surface area contributed by atoms with Gasteiger partial charge < -0.3 is 10.1 Å². The second-order valence-electron chi connectivity index (χ2n) is 3.90. The third-order valence-corrected chi connectivity index (χ3v) is 3.48. The number of amides is 1. The third kappa shape index (κ3) is 6.38. The van der Waals surface area contributed by atoms with Gasteiger partial charge in [-0.05, 0) is 31.3 Å². The molecular formula is C12H25NO2S. The van der Waals surface area contributed by atoms with Crippen molar-refractivity contribution in [3.8, 4) is 0 Å². The molecule has 0 spiro atoms. The van der Waals surface area contributed by atoms with Gasteiger partial charge in [-0.15, -0.1) is 0 Å². The van der Waals surface area contributed by atoms with Gasteiger partial charge in [-0.3, -0.25) is 4.79 Å². The molecule has 0 rings (SSSR count). The van der Waals surface area contributed by atoms with Gasteiger partial charge in [-0.2, -0.15) is 11.8 Å². The lowest BCUT2D eigenvalue weighted by atomic mass is 10.0. The van der Waals surface area contributed by atoms with Crippen LogP contribution in [0.15, 0.2) is 0 Å². The molecule has 0 fully saturated rings. The summed E-state index contributed by atoms with van der Waals surface area (Å²) in [6.45, 7) is 4.73. The van der Waals surface area contributed by atoms with Crippen molar-refractivity contribution in [3.05, 3.63) is 0 Å². The van der Waals surface area contributed by atoms with Gasteiger partial charge in [0.2, 0.25) is 5.91 Å². The summed E-state index contributed by atoms with van der Waals surface area (Å²) in [4.78, 5) is 11.7. The Labute approximate surface area is 104 Å². The minimum atomic E-state index is 0.144. The molecule has 0 aliphatic carbocycles. The van der Waals surface area contributed by atoms with E-state index >= 15 is 0 Å². The smallest absolute Gasteiger partial charge is 0.223 e. The Balaban J connectivity index is 3.86. The Morgan fingerprint density at radius 2 is 2.00 bits per heavy atom. The lowest BCUT2D eigenvalue weighted by Crippen LogP contribution is -2.37. The highest BCUT2D eigenvalue weighted by Gasteiger charge is 2.15. The zero-order valence-corrected chi connectivity index (χ0v) is 11.7. The van der Waals surface area contributed by atoms with Crippen LogP contribution in [0, 0.1) is 5.92 Å². The maximum Gasteiger partial charge on any atom is 0.223 e. The fourth-order valence-corrected chi connectivity index (χ4v) is 2.07. The molecule has 1 amide bonds. The lowest BCUT2D eigenvalue weighted by Gasteiger charge is -2.18. The van der Waals surface area contributed by atoms with Gasteiger partial charge in [0.05, 0.1) is 6.10 Å². The highest BCUT2D eigenvalue weighted by molar-refractivity contribution is 7.98. The summed E-state index contributed by atoms with van der Waals surface area (Å²) in [7, 11) is 1.70. The highest BCUT2D eigenvalue weighted by atomic mass is 32.2. The molecule has 1 unspecified atom stereocenters. The molecule has 1 N–H and O–H groups in total. The van der Waals surface area contributed by atoms with Gasteiger partial charge in [0.15, 0.2) is 0 Å². The molecule has 0 aliphatic heterocycles. The summed E-state index contributed by atoms with van der Waals surface area (Å²) in [6.07, 6.45) is 5.03. The average Bonchev–Trinajstić information content (AvgIpc) is 2.31. The molecule has 3 nitrogen and oxygen atoms in total. The van der Waals surface area contributed by atoms with Crippen LogP contribution < -0.4 is 5.32 Å². The molecule has 4 heteroatoms. The topological polar surface area (TPSA) is 38.3 Å². The first kappa shape index (κ1) is 15.8. The van der Waals surface area contributed by atoms with E-state index in [1.54, 1.807) is 18.9 Å². The van der Waals surface area contributed by atoms with Gasteiger partial charge >= 0.3 is 0 Å². The van der Waals surface area contributed by atoms with Crippen LogP contribution in [0.4, 0.5) is 0 Å². The van der Waals surface area contributed by atoms with Crippen LogP contribution in [-0.2, 0) is 9.53 Å². The van der Waals surface area contributed by atoms with Crippen LogP contribution in [0.25, 0.3) is 0 Å². The minimum Gasteiger partial charge on any atom is -0.380 e. The molecule has 0 radical (unpaired) electrons. The van der Waals surface area contributed by atoms with E-state index in [2.05, 4.69) is 25.4 Å². The Morgan fingerprint density at radius 1 is 1.38 bits per heavy atom. The van der Waals surface area contributed by atoms with Crippen molar-refractivity contribution < 1.29 is 9.53 Å². The first-order valence-corrected chi connectivity index (χ1v) is 7.38. The molecule has 96 valence electrons. The van der Waals surface area contributed by atoms with E-state index < -0.39 is 0 Å². The Hall–Kier alpha value is -0.220. The first-order chi connectivity index (χ1) is 7.69. The average molecular weight is 247 g/mol. The van der Waals surface area contributed by atoms with Crippen LogP contribution in [0.1, 0.15) is 33.1 Å². The summed E-state index contributed by atoms with van der Waals surface area (Å²) < 4.78 is 5.32. The standard InChI is InChI=1S/C12H25NO2S/c1-5-10(6-2)12(14)13-9-11(15-3)7-8-16-4/h10-11H,5-9H2,1-4H3,(H,13,14). The van der Waals surface area contributed by atoms with E-state index in [1.165, 1.54) is 0 Å². The maximum absolute atomic E-state index is 11.7. The van der Waals surface area contributed by atoms with Crippen LogP contribution in [0.5, 0.6) is 0 Å². The van der Waals surface area contributed by atoms with Crippen molar-refractivity contribution in [1.29, 1.82) is 0 Å². The van der Waals surface area contributed by atoms with Crippen LogP contribution >= 0.6 is 11.8 Å². The monoisotopic (exact) mass is 247 g/mol. The molecule has 0 aliphatic rings. The molecule has 0 aromatic rings. The number of nitrogens with one attached hydrogen (secondary N) is 1. The number of hydrogen-bond acceptors (Lipinski definition) is 3. The van der Waals surface area contributed by atoms with Gasteiger partial charge in [0, 0.05) is 19.6 Å². The Kier molecular flexibility index (Phi) is 9.83. The van der Waals surface area contributed by atoms with E-state index in [0.717, 1.165) is 25.0 Å². The van der Waals surface area contributed by atoms with Crippen LogP contribution in [0.3, 0.4) is 0 Å². The molecule has 0 aromatic carbocycles. The van der Waals surface area contributed by atoms with Crippen molar-refractivity contribution in [3.63, 3.8) is 0 Å². The van der Waals surface area contributed by atoms with E-state index in [4.69, 9.17) is 4.74 Å². The number of ether oxygens (including phenoxy) is 1. The molecule has 0 heterocycles. The van der Waals surface area contributed by atoms with Gasteiger partial charge in [0.1, 0.15) is 0 Å². The molecular weight excluding hydrogens is 222 g/mol. The van der Waals surface area contributed by atoms with Crippen LogP contribution in [0.2, 0.25) is 0 Å². The third-order valence-electron chi connectivity index (χ3n) is 2.84. The Bertz CT molecular complexity index is 184. The van der Waals surface area contributed by atoms with Gasteiger partial charge in [0.25, 0.3) is 0 Å². The number of rotatable bonds is 9. The van der Waals surface area contributed by atoms with Crippen molar-refractivity contribution >= 4 is 17.7 Å². The predicted molar refractivity (Wildman–Crippen MR) is 70.9 cm³/mol. The molecule has 0 bridgehead atoms. The van der Waals surface area contributed by atoms with E-state index in [0.29, 0.717) is 6.54 Å². The molecule has 0 saturated carbocycles. The summed E-state index contributed by atoms with van der Waals surface area (Å²) in [6, 6.07) is 0. The molecule has 0 saturated heterocycles. The van der Waals surface area contributed by atoms with E-state index in [1.807, 2.05) is 0 Å². The largest absolute Gasteiger partial charge is 0.380 e. The maximum atomic E-state index is 11.7. The number of thioether (sulfide) groups is 1. The van der Waals surface area contributed by atoms with Gasteiger partial charge in [-0.1, -0.05) is 13.8 Å². The summed E-state index contributed by atoms with van der Waals surface area (Å²) in [5.41, 5.74) is 0. The SMILES string of the molecule is CCC(CC)C(=O)NCC(CCSC)OC. The predicted octanol–water partition coefficient (Wildman–Crippen LogP) is 2.31. The fourth-order valence-electron chi connectivity index (χ4n) is 1.57. The Morgan fingerprint density at radius 3 is 2.44 bits per heavy atom. The molecule has 1 atom stereocenters. The minimum absolute atomic E-state index is 0.144. The van der Waals surface area contributed by atoms with Crippen LogP contribution in [-0.4, -0.2) is 37.7 Å². The fraction of sp³-hybridized carbons (Fsp3) is 0.917. The second kappa shape index (κ2) is 9.97. The normalized spacial score (nSPS) is 12.8. The number of hydrogen-bond donors (Lipinski definition) is 1. The zero-order valence-electron chi connectivity index (χ0n) is 10.9. The zero-order chi connectivity index (χ0) is 12.4. The number of carbonyl (C=O) groups is 1. The summed E-state index contributed by atoms with van der Waals surface area (Å²) in [5, 5.41) is 2.97. The number of carbonyl (C=O) groups excluding carboxylic acids is 1. The van der Waals surface area contributed by atoms with E-state index in [9.17, 15) is 4.79 Å². The van der Waals surface area contributed by atoms with Crippen molar-refractivity contribution in [2.75, 3.05) is 25.7 Å². The van der Waals surface area contributed by atoms with Crippen molar-refractivity contribution in [2.24, 2.45) is 5.92 Å². The highest BCUT2D eigenvalue weighted by Crippen LogP contribution is 2.08. The van der Waals surface area contributed by atoms with Crippen molar-refractivity contribution in [1.82, 2.24) is 5.32 Å². The number of methoxy groups -OCH3 is 1. The van der Waals surface area contributed by atoms with Gasteiger partial charge in [-0.25, -0.2) is 0 Å². The molecule has 16 heavy (non-hydrogen) atoms. The lowest BCUT2D eigenvalue weighted by molar-refractivity contribution is -0.125. The summed E-state index contributed by atoms with van der Waals surface area (Å²) in [5.74, 6) is 1.38. The molecule has 0 aromatic heterocycles.